The molecule has 0 aliphatic rings. The first kappa shape index (κ1) is 14.8. The topological polar surface area (TPSA) is 37.3 Å². The highest BCUT2D eigenvalue weighted by molar-refractivity contribution is 7.19. The zero-order valence-corrected chi connectivity index (χ0v) is 11.7. The molecule has 1 aromatic carbocycles. The number of carboxylic acids is 1. The van der Waals surface area contributed by atoms with Gasteiger partial charge >= 0.3 is 12.1 Å². The average Bonchev–Trinajstić information content (AvgIpc) is 2.69. The van der Waals surface area contributed by atoms with Gasteiger partial charge in [-0.3, -0.25) is 4.79 Å². The van der Waals surface area contributed by atoms with Gasteiger partial charge in [0.2, 0.25) is 0 Å². The van der Waals surface area contributed by atoms with Gasteiger partial charge in [-0.05, 0) is 29.1 Å². The van der Waals surface area contributed by atoms with Crippen LogP contribution >= 0.6 is 11.3 Å². The smallest absolute Gasteiger partial charge is 0.425 e. The molecular weight excluding hydrogens is 289 g/mol. The quantitative estimate of drug-likeness (QED) is 0.894. The van der Waals surface area contributed by atoms with Crippen molar-refractivity contribution in [1.82, 2.24) is 0 Å². The molecule has 1 heterocycles. The lowest BCUT2D eigenvalue weighted by molar-refractivity contribution is -0.138. The van der Waals surface area contributed by atoms with Gasteiger partial charge in [0, 0.05) is 10.1 Å². The Bertz CT molecular complexity index is 656. The normalized spacial score (nSPS) is 12.8. The Labute approximate surface area is 117 Å². The highest BCUT2D eigenvalue weighted by atomic mass is 32.1. The Morgan fingerprint density at radius 2 is 1.90 bits per heavy atom. The molecule has 2 aromatic rings. The molecule has 0 atom stereocenters. The number of rotatable bonds is 3. The SMILES string of the molecule is CC(C)(CC(=O)O)c1ccc2sc(C(F)(F)F)cc2c1. The second-order valence-corrected chi connectivity index (χ2v) is 6.40. The van der Waals surface area contributed by atoms with E-state index in [0.29, 0.717) is 21.4 Å². The maximum atomic E-state index is 12.7. The lowest BCUT2D eigenvalue weighted by atomic mass is 9.81. The number of alkyl halides is 3. The fraction of sp³-hybridized carbons (Fsp3) is 0.357. The maximum absolute atomic E-state index is 12.7. The molecular formula is C14H13F3O2S. The Kier molecular flexibility index (Phi) is 3.54. The number of carbonyl (C=O) groups is 1. The molecule has 0 unspecified atom stereocenters. The first-order valence-corrected chi connectivity index (χ1v) is 6.74. The van der Waals surface area contributed by atoms with E-state index < -0.39 is 22.4 Å². The molecule has 6 heteroatoms. The van der Waals surface area contributed by atoms with Crippen molar-refractivity contribution in [1.29, 1.82) is 0 Å². The van der Waals surface area contributed by atoms with Crippen LogP contribution in [-0.4, -0.2) is 11.1 Å². The molecule has 1 N–H and O–H groups in total. The minimum Gasteiger partial charge on any atom is -0.481 e. The fourth-order valence-corrected chi connectivity index (χ4v) is 2.99. The Hall–Kier alpha value is -1.56. The number of benzene rings is 1. The van der Waals surface area contributed by atoms with Crippen molar-refractivity contribution >= 4 is 27.4 Å². The molecule has 0 aliphatic carbocycles. The van der Waals surface area contributed by atoms with Gasteiger partial charge in [0.15, 0.2) is 0 Å². The van der Waals surface area contributed by atoms with Crippen molar-refractivity contribution in [3.63, 3.8) is 0 Å². The second-order valence-electron chi connectivity index (χ2n) is 5.32. The number of hydrogen-bond donors (Lipinski definition) is 1. The minimum absolute atomic E-state index is 0.0746. The molecule has 0 radical (unpaired) electrons. The van der Waals surface area contributed by atoms with E-state index >= 15 is 0 Å². The summed E-state index contributed by atoms with van der Waals surface area (Å²) in [6.07, 6.45) is -4.42. The van der Waals surface area contributed by atoms with Crippen LogP contribution < -0.4 is 0 Å². The second kappa shape index (κ2) is 4.77. The summed E-state index contributed by atoms with van der Waals surface area (Å²) in [5.74, 6) is -0.934. The number of halogens is 3. The summed E-state index contributed by atoms with van der Waals surface area (Å²) in [5.41, 5.74) is 0.0966. The molecule has 1 aromatic heterocycles. The lowest BCUT2D eigenvalue weighted by Crippen LogP contribution is -2.21. The van der Waals surface area contributed by atoms with E-state index in [2.05, 4.69) is 0 Å². The van der Waals surface area contributed by atoms with Gasteiger partial charge in [0.25, 0.3) is 0 Å². The van der Waals surface area contributed by atoms with Crippen molar-refractivity contribution in [2.75, 3.05) is 0 Å². The maximum Gasteiger partial charge on any atom is 0.425 e. The molecule has 2 nitrogen and oxygen atoms in total. The number of hydrogen-bond acceptors (Lipinski definition) is 2. The average molecular weight is 302 g/mol. The van der Waals surface area contributed by atoms with Crippen LogP contribution in [0.5, 0.6) is 0 Å². The van der Waals surface area contributed by atoms with Crippen LogP contribution in [0.2, 0.25) is 0 Å². The molecule has 20 heavy (non-hydrogen) atoms. The van der Waals surface area contributed by atoms with Crippen LogP contribution in [0, 0.1) is 0 Å². The number of carboxylic acid groups (broad SMARTS) is 1. The highest BCUT2D eigenvalue weighted by Crippen LogP contribution is 2.39. The van der Waals surface area contributed by atoms with Crippen molar-refractivity contribution in [2.24, 2.45) is 0 Å². The first-order chi connectivity index (χ1) is 9.09. The van der Waals surface area contributed by atoms with Gasteiger partial charge in [-0.25, -0.2) is 0 Å². The predicted molar refractivity (Wildman–Crippen MR) is 72.1 cm³/mol. The highest BCUT2D eigenvalue weighted by Gasteiger charge is 2.33. The van der Waals surface area contributed by atoms with Crippen LogP contribution in [-0.2, 0) is 16.4 Å². The summed E-state index contributed by atoms with van der Waals surface area (Å²) in [6, 6.07) is 6.07. The lowest BCUT2D eigenvalue weighted by Gasteiger charge is -2.23. The monoisotopic (exact) mass is 302 g/mol. The van der Waals surface area contributed by atoms with Gasteiger partial charge in [-0.2, -0.15) is 13.2 Å². The van der Waals surface area contributed by atoms with E-state index in [9.17, 15) is 18.0 Å². The Morgan fingerprint density at radius 1 is 1.25 bits per heavy atom. The van der Waals surface area contributed by atoms with Crippen LogP contribution in [0.1, 0.15) is 30.7 Å². The number of fused-ring (bicyclic) bond motifs is 1. The third-order valence-corrected chi connectivity index (χ3v) is 4.33. The summed E-state index contributed by atoms with van der Waals surface area (Å²) in [7, 11) is 0. The van der Waals surface area contributed by atoms with Crippen LogP contribution in [0.3, 0.4) is 0 Å². The van der Waals surface area contributed by atoms with E-state index in [-0.39, 0.29) is 6.42 Å². The standard InChI is InChI=1S/C14H13F3O2S/c1-13(2,7-12(18)19)9-3-4-10-8(5-9)6-11(20-10)14(15,16)17/h3-6H,7H2,1-2H3,(H,18,19). The zero-order chi connectivity index (χ0) is 15.1. The molecule has 108 valence electrons. The third-order valence-electron chi connectivity index (χ3n) is 3.17. The summed E-state index contributed by atoms with van der Waals surface area (Å²) in [5, 5.41) is 9.39. The van der Waals surface area contributed by atoms with Crippen LogP contribution in [0.4, 0.5) is 13.2 Å². The third kappa shape index (κ3) is 2.95. The molecule has 0 aliphatic heterocycles. The molecule has 0 fully saturated rings. The Balaban J connectivity index is 2.46. The summed E-state index contributed by atoms with van der Waals surface area (Å²) >= 11 is 0.696. The van der Waals surface area contributed by atoms with E-state index in [1.165, 1.54) is 0 Å². The van der Waals surface area contributed by atoms with Gasteiger partial charge in [-0.15, -0.1) is 11.3 Å². The van der Waals surface area contributed by atoms with Gasteiger partial charge in [0.05, 0.1) is 6.42 Å². The number of aliphatic carboxylic acids is 1. The summed E-state index contributed by atoms with van der Waals surface area (Å²) in [6.45, 7) is 3.53. The van der Waals surface area contributed by atoms with E-state index in [1.54, 1.807) is 32.0 Å². The van der Waals surface area contributed by atoms with Gasteiger partial charge in [0.1, 0.15) is 4.88 Å². The van der Waals surface area contributed by atoms with Crippen LogP contribution in [0.25, 0.3) is 10.1 Å². The van der Waals surface area contributed by atoms with Crippen molar-refractivity contribution in [2.45, 2.75) is 31.9 Å². The van der Waals surface area contributed by atoms with E-state index in [1.807, 2.05) is 0 Å². The molecule has 0 saturated carbocycles. The Morgan fingerprint density at radius 3 is 2.45 bits per heavy atom. The molecule has 0 amide bonds. The van der Waals surface area contributed by atoms with Gasteiger partial charge < -0.3 is 5.11 Å². The minimum atomic E-state index is -4.35. The largest absolute Gasteiger partial charge is 0.481 e. The van der Waals surface area contributed by atoms with E-state index in [0.717, 1.165) is 11.6 Å². The van der Waals surface area contributed by atoms with E-state index in [4.69, 9.17) is 5.11 Å². The molecule has 0 bridgehead atoms. The van der Waals surface area contributed by atoms with Crippen molar-refractivity contribution in [3.8, 4) is 0 Å². The first-order valence-electron chi connectivity index (χ1n) is 5.93. The zero-order valence-electron chi connectivity index (χ0n) is 10.9. The predicted octanol–water partition coefficient (Wildman–Crippen LogP) is 4.67. The van der Waals surface area contributed by atoms with Crippen LogP contribution in [0.15, 0.2) is 24.3 Å². The summed E-state index contributed by atoms with van der Waals surface area (Å²) < 4.78 is 38.5. The molecule has 0 spiro atoms. The molecule has 2 rings (SSSR count). The molecule has 0 saturated heterocycles. The van der Waals surface area contributed by atoms with Crippen molar-refractivity contribution in [3.05, 3.63) is 34.7 Å². The summed E-state index contributed by atoms with van der Waals surface area (Å²) in [4.78, 5) is 10.2. The fourth-order valence-electron chi connectivity index (χ4n) is 2.08. The van der Waals surface area contributed by atoms with Crippen molar-refractivity contribution < 1.29 is 23.1 Å². The number of thiophene rings is 1. The van der Waals surface area contributed by atoms with Gasteiger partial charge in [-0.1, -0.05) is 19.9 Å².